The molecule has 1 fully saturated rings. The van der Waals surface area contributed by atoms with Crippen LogP contribution in [0.2, 0.25) is 0 Å². The second kappa shape index (κ2) is 3.81. The monoisotopic (exact) mass is 231 g/mol. The van der Waals surface area contributed by atoms with Crippen molar-refractivity contribution in [1.82, 2.24) is 19.5 Å². The number of aryl methyl sites for hydroxylation is 1. The van der Waals surface area contributed by atoms with Gasteiger partial charge in [0, 0.05) is 6.54 Å². The molecule has 2 aromatic rings. The van der Waals surface area contributed by atoms with E-state index in [1.54, 1.807) is 6.33 Å². The Bertz CT molecular complexity index is 564. The van der Waals surface area contributed by atoms with Crippen molar-refractivity contribution in [2.45, 2.75) is 25.2 Å². The van der Waals surface area contributed by atoms with E-state index in [0.29, 0.717) is 11.3 Å². The summed E-state index contributed by atoms with van der Waals surface area (Å²) in [5.74, 6) is 0.417. The summed E-state index contributed by atoms with van der Waals surface area (Å²) >= 11 is 0. The summed E-state index contributed by atoms with van der Waals surface area (Å²) in [5, 5.41) is 0. The van der Waals surface area contributed by atoms with Crippen LogP contribution < -0.4 is 5.73 Å². The zero-order valence-corrected chi connectivity index (χ0v) is 9.28. The van der Waals surface area contributed by atoms with Crippen molar-refractivity contribution in [1.29, 1.82) is 0 Å². The van der Waals surface area contributed by atoms with Gasteiger partial charge < -0.3 is 15.0 Å². The standard InChI is InChI=1S/C11H13N5O/c1-2-7-8(17-7)3-4-16-6-15-9-10(12)13-5-14-11(9)16/h2,5-8H,1,3-4H2,(H2,12,13,14)/t7-,8-/m1/s1. The highest BCUT2D eigenvalue weighted by Gasteiger charge is 2.35. The molecule has 1 aliphatic heterocycles. The lowest BCUT2D eigenvalue weighted by molar-refractivity contribution is 0.371. The minimum Gasteiger partial charge on any atom is -0.382 e. The Labute approximate surface area is 98.1 Å². The van der Waals surface area contributed by atoms with E-state index in [0.717, 1.165) is 18.6 Å². The molecule has 6 nitrogen and oxygen atoms in total. The van der Waals surface area contributed by atoms with Crippen molar-refractivity contribution >= 4 is 17.0 Å². The molecular formula is C11H13N5O. The van der Waals surface area contributed by atoms with E-state index in [9.17, 15) is 0 Å². The Morgan fingerprint density at radius 3 is 3.12 bits per heavy atom. The number of nitrogen functional groups attached to an aromatic ring is 1. The molecule has 0 amide bonds. The van der Waals surface area contributed by atoms with Crippen molar-refractivity contribution in [3.63, 3.8) is 0 Å². The summed E-state index contributed by atoms with van der Waals surface area (Å²) in [6, 6.07) is 0. The maximum Gasteiger partial charge on any atom is 0.165 e. The third-order valence-corrected chi connectivity index (χ3v) is 2.94. The fourth-order valence-corrected chi connectivity index (χ4v) is 1.92. The molecule has 1 saturated heterocycles. The van der Waals surface area contributed by atoms with Gasteiger partial charge in [-0.15, -0.1) is 6.58 Å². The first-order chi connectivity index (χ1) is 8.29. The van der Waals surface area contributed by atoms with Gasteiger partial charge in [0.05, 0.1) is 12.4 Å². The van der Waals surface area contributed by atoms with Crippen LogP contribution in [0.15, 0.2) is 25.3 Å². The van der Waals surface area contributed by atoms with Gasteiger partial charge in [-0.2, -0.15) is 0 Å². The molecule has 0 saturated carbocycles. The Morgan fingerprint density at radius 2 is 2.35 bits per heavy atom. The number of hydrogen-bond acceptors (Lipinski definition) is 5. The highest BCUT2D eigenvalue weighted by atomic mass is 16.6. The largest absolute Gasteiger partial charge is 0.382 e. The Morgan fingerprint density at radius 1 is 1.47 bits per heavy atom. The number of nitrogens with zero attached hydrogens (tertiary/aromatic N) is 4. The molecular weight excluding hydrogens is 218 g/mol. The molecule has 0 spiro atoms. The van der Waals surface area contributed by atoms with Gasteiger partial charge in [-0.05, 0) is 6.42 Å². The fraction of sp³-hybridized carbons (Fsp3) is 0.364. The third-order valence-electron chi connectivity index (χ3n) is 2.94. The van der Waals surface area contributed by atoms with Gasteiger partial charge in [0.25, 0.3) is 0 Å². The van der Waals surface area contributed by atoms with E-state index in [4.69, 9.17) is 10.5 Å². The number of imidazole rings is 1. The number of ether oxygens (including phenoxy) is 1. The minimum absolute atomic E-state index is 0.212. The average molecular weight is 231 g/mol. The number of nitrogens with two attached hydrogens (primary N) is 1. The highest BCUT2D eigenvalue weighted by Crippen LogP contribution is 2.27. The van der Waals surface area contributed by atoms with Gasteiger partial charge in [0.1, 0.15) is 17.9 Å². The van der Waals surface area contributed by atoms with Crippen LogP contribution in [0.5, 0.6) is 0 Å². The van der Waals surface area contributed by atoms with Crippen molar-refractivity contribution in [2.24, 2.45) is 0 Å². The third kappa shape index (κ3) is 1.76. The minimum atomic E-state index is 0.212. The zero-order chi connectivity index (χ0) is 11.8. The normalized spacial score (nSPS) is 22.8. The number of epoxide rings is 1. The molecule has 1 aliphatic rings. The Kier molecular flexibility index (Phi) is 2.29. The molecule has 3 rings (SSSR count). The summed E-state index contributed by atoms with van der Waals surface area (Å²) < 4.78 is 7.36. The van der Waals surface area contributed by atoms with E-state index < -0.39 is 0 Å². The van der Waals surface area contributed by atoms with Gasteiger partial charge in [-0.3, -0.25) is 0 Å². The van der Waals surface area contributed by atoms with Crippen LogP contribution in [0.4, 0.5) is 5.82 Å². The van der Waals surface area contributed by atoms with Crippen LogP contribution in [-0.4, -0.2) is 31.7 Å². The van der Waals surface area contributed by atoms with E-state index in [1.807, 2.05) is 10.6 Å². The van der Waals surface area contributed by atoms with Gasteiger partial charge in [-0.25, -0.2) is 15.0 Å². The van der Waals surface area contributed by atoms with Gasteiger partial charge in [0.15, 0.2) is 11.5 Å². The van der Waals surface area contributed by atoms with Gasteiger partial charge >= 0.3 is 0 Å². The van der Waals surface area contributed by atoms with Gasteiger partial charge in [0.2, 0.25) is 0 Å². The molecule has 0 unspecified atom stereocenters. The van der Waals surface area contributed by atoms with Crippen molar-refractivity contribution in [3.8, 4) is 0 Å². The summed E-state index contributed by atoms with van der Waals surface area (Å²) in [4.78, 5) is 12.3. The van der Waals surface area contributed by atoms with Crippen LogP contribution in [-0.2, 0) is 11.3 Å². The zero-order valence-electron chi connectivity index (χ0n) is 9.28. The Hall–Kier alpha value is -1.95. The average Bonchev–Trinajstić information content (AvgIpc) is 2.98. The number of rotatable bonds is 4. The fourth-order valence-electron chi connectivity index (χ4n) is 1.92. The Balaban J connectivity index is 1.77. The molecule has 2 N–H and O–H groups in total. The number of anilines is 1. The van der Waals surface area contributed by atoms with Crippen molar-refractivity contribution < 1.29 is 4.74 Å². The summed E-state index contributed by atoms with van der Waals surface area (Å²) in [7, 11) is 0. The maximum absolute atomic E-state index is 5.72. The first-order valence-corrected chi connectivity index (χ1v) is 5.49. The first-order valence-electron chi connectivity index (χ1n) is 5.49. The molecule has 2 aromatic heterocycles. The lowest BCUT2D eigenvalue weighted by Crippen LogP contribution is -2.03. The van der Waals surface area contributed by atoms with Crippen LogP contribution in [0, 0.1) is 0 Å². The molecule has 0 aliphatic carbocycles. The summed E-state index contributed by atoms with van der Waals surface area (Å²) in [5.41, 5.74) is 7.15. The summed E-state index contributed by atoms with van der Waals surface area (Å²) in [6.07, 6.45) is 6.44. The van der Waals surface area contributed by atoms with E-state index in [-0.39, 0.29) is 12.2 Å². The van der Waals surface area contributed by atoms with Gasteiger partial charge in [-0.1, -0.05) is 6.08 Å². The number of hydrogen-bond donors (Lipinski definition) is 1. The van der Waals surface area contributed by atoms with Crippen LogP contribution in [0.1, 0.15) is 6.42 Å². The second-order valence-corrected chi connectivity index (χ2v) is 4.03. The second-order valence-electron chi connectivity index (χ2n) is 4.03. The summed E-state index contributed by atoms with van der Waals surface area (Å²) in [6.45, 7) is 4.51. The molecule has 17 heavy (non-hydrogen) atoms. The number of aromatic nitrogens is 4. The molecule has 0 radical (unpaired) electrons. The number of fused-ring (bicyclic) bond motifs is 1. The van der Waals surface area contributed by atoms with Crippen LogP contribution in [0.25, 0.3) is 11.2 Å². The lowest BCUT2D eigenvalue weighted by atomic mass is 10.2. The van der Waals surface area contributed by atoms with E-state index >= 15 is 0 Å². The SMILES string of the molecule is C=C[C@H]1O[C@@H]1CCn1cnc2c(N)ncnc21. The van der Waals surface area contributed by atoms with Crippen LogP contribution >= 0.6 is 0 Å². The molecule has 0 bridgehead atoms. The van der Waals surface area contributed by atoms with E-state index in [1.165, 1.54) is 6.33 Å². The predicted octanol–water partition coefficient (Wildman–Crippen LogP) is 0.752. The lowest BCUT2D eigenvalue weighted by Gasteiger charge is -2.01. The van der Waals surface area contributed by atoms with Crippen molar-refractivity contribution in [3.05, 3.63) is 25.3 Å². The molecule has 0 aromatic carbocycles. The van der Waals surface area contributed by atoms with Crippen LogP contribution in [0.3, 0.4) is 0 Å². The first kappa shape index (κ1) is 10.2. The molecule has 6 heteroatoms. The molecule has 2 atom stereocenters. The smallest absolute Gasteiger partial charge is 0.165 e. The topological polar surface area (TPSA) is 82.2 Å². The quantitative estimate of drug-likeness (QED) is 0.620. The predicted molar refractivity (Wildman–Crippen MR) is 63.2 cm³/mol. The van der Waals surface area contributed by atoms with E-state index in [2.05, 4.69) is 21.5 Å². The maximum atomic E-state index is 5.72. The molecule has 88 valence electrons. The molecule has 3 heterocycles. The van der Waals surface area contributed by atoms with Crippen molar-refractivity contribution in [2.75, 3.05) is 5.73 Å². The highest BCUT2D eigenvalue weighted by molar-refractivity contribution is 5.80.